The van der Waals surface area contributed by atoms with Crippen LogP contribution in [-0.4, -0.2) is 15.9 Å². The van der Waals surface area contributed by atoms with Gasteiger partial charge in [-0.05, 0) is 12.5 Å². The molecule has 4 heteroatoms. The third kappa shape index (κ3) is 2.79. The maximum atomic E-state index is 5.04. The van der Waals surface area contributed by atoms with E-state index in [4.69, 9.17) is 12.2 Å². The number of rotatable bonds is 2. The van der Waals surface area contributed by atoms with Gasteiger partial charge in [-0.3, -0.25) is 4.99 Å². The van der Waals surface area contributed by atoms with Crippen molar-refractivity contribution < 1.29 is 0 Å². The van der Waals surface area contributed by atoms with Crippen molar-refractivity contribution >= 4 is 34.1 Å². The van der Waals surface area contributed by atoms with Crippen molar-refractivity contribution in [2.24, 2.45) is 4.99 Å². The average Bonchev–Trinajstić information content (AvgIpc) is 2.65. The lowest BCUT2D eigenvalue weighted by atomic mass is 10.1. The molecular weight excluding hydrogens is 224 g/mol. The molecule has 78 valence electrons. The highest BCUT2D eigenvalue weighted by atomic mass is 32.2. The maximum absolute atomic E-state index is 5.04. The van der Waals surface area contributed by atoms with E-state index in [1.54, 1.807) is 11.8 Å². The summed E-state index contributed by atoms with van der Waals surface area (Å²) in [5, 5.41) is 3.10. The smallest absolute Gasteiger partial charge is 0.139 e. The lowest BCUT2D eigenvalue weighted by Gasteiger charge is -2.07. The Labute approximate surface area is 99.2 Å². The van der Waals surface area contributed by atoms with Crippen LogP contribution in [0.5, 0.6) is 0 Å². The second kappa shape index (κ2) is 4.77. The molecule has 1 aromatic rings. The van der Waals surface area contributed by atoms with Gasteiger partial charge < -0.3 is 5.32 Å². The number of thioether (sulfide) groups is 1. The Morgan fingerprint density at radius 2 is 2.13 bits per heavy atom. The minimum absolute atomic E-state index is 0.190. The van der Waals surface area contributed by atoms with Gasteiger partial charge in [-0.1, -0.05) is 54.3 Å². The molecule has 1 aliphatic rings. The number of aliphatic imine (C=N–C) groups is 1. The molecule has 1 N–H and O–H groups in total. The fourth-order valence-corrected chi connectivity index (χ4v) is 2.33. The SMILES string of the molecule is CC(N=C1CSC(=S)N1)c1ccccc1. The Bertz CT molecular complexity index is 387. The van der Waals surface area contributed by atoms with Crippen LogP contribution < -0.4 is 5.32 Å². The van der Waals surface area contributed by atoms with Gasteiger partial charge in [-0.2, -0.15) is 0 Å². The van der Waals surface area contributed by atoms with Gasteiger partial charge in [0, 0.05) is 0 Å². The summed E-state index contributed by atoms with van der Waals surface area (Å²) in [4.78, 5) is 4.59. The van der Waals surface area contributed by atoms with Gasteiger partial charge in [0.15, 0.2) is 0 Å². The summed E-state index contributed by atoms with van der Waals surface area (Å²) in [7, 11) is 0. The molecule has 0 aliphatic carbocycles. The van der Waals surface area contributed by atoms with Crippen LogP contribution in [0, 0.1) is 0 Å². The number of nitrogens with one attached hydrogen (secondary N) is 1. The summed E-state index contributed by atoms with van der Waals surface area (Å²) in [6.45, 7) is 2.09. The minimum Gasteiger partial charge on any atom is -0.329 e. The molecule has 15 heavy (non-hydrogen) atoms. The van der Waals surface area contributed by atoms with Crippen molar-refractivity contribution in [3.8, 4) is 0 Å². The van der Waals surface area contributed by atoms with Crippen LogP contribution >= 0.6 is 24.0 Å². The van der Waals surface area contributed by atoms with Crippen molar-refractivity contribution in [2.75, 3.05) is 5.75 Å². The number of thiocarbonyl (C=S) groups is 1. The highest BCUT2D eigenvalue weighted by Crippen LogP contribution is 2.18. The van der Waals surface area contributed by atoms with Crippen molar-refractivity contribution in [2.45, 2.75) is 13.0 Å². The average molecular weight is 236 g/mol. The maximum Gasteiger partial charge on any atom is 0.139 e. The molecule has 1 heterocycles. The van der Waals surface area contributed by atoms with Gasteiger partial charge in [-0.25, -0.2) is 0 Å². The Morgan fingerprint density at radius 3 is 2.73 bits per heavy atom. The van der Waals surface area contributed by atoms with Crippen LogP contribution in [0.4, 0.5) is 0 Å². The first kappa shape index (κ1) is 10.6. The predicted molar refractivity (Wildman–Crippen MR) is 70.5 cm³/mol. The number of nitrogens with zero attached hydrogens (tertiary/aromatic N) is 1. The number of hydrogen-bond acceptors (Lipinski definition) is 3. The van der Waals surface area contributed by atoms with E-state index in [0.717, 1.165) is 15.9 Å². The van der Waals surface area contributed by atoms with Gasteiger partial charge in [-0.15, -0.1) is 0 Å². The Morgan fingerprint density at radius 1 is 1.40 bits per heavy atom. The fourth-order valence-electron chi connectivity index (χ4n) is 1.43. The molecular formula is C11H12N2S2. The molecule has 1 aliphatic heterocycles. The van der Waals surface area contributed by atoms with Crippen molar-refractivity contribution in [3.63, 3.8) is 0 Å². The van der Waals surface area contributed by atoms with E-state index in [9.17, 15) is 0 Å². The molecule has 1 aromatic carbocycles. The second-order valence-corrected chi connectivity index (χ2v) is 5.02. The zero-order chi connectivity index (χ0) is 10.7. The molecule has 2 nitrogen and oxygen atoms in total. The van der Waals surface area contributed by atoms with Crippen molar-refractivity contribution in [3.05, 3.63) is 35.9 Å². The van der Waals surface area contributed by atoms with E-state index in [0.29, 0.717) is 0 Å². The van der Waals surface area contributed by atoms with E-state index >= 15 is 0 Å². The fraction of sp³-hybridized carbons (Fsp3) is 0.273. The molecule has 0 bridgehead atoms. The molecule has 0 aromatic heterocycles. The predicted octanol–water partition coefficient (Wildman–Crippen LogP) is 2.77. The third-order valence-electron chi connectivity index (χ3n) is 2.22. The second-order valence-electron chi connectivity index (χ2n) is 3.36. The first-order chi connectivity index (χ1) is 7.25. The molecule has 0 saturated carbocycles. The van der Waals surface area contributed by atoms with Crippen LogP contribution in [0.2, 0.25) is 0 Å². The van der Waals surface area contributed by atoms with Crippen LogP contribution in [0.15, 0.2) is 35.3 Å². The summed E-state index contributed by atoms with van der Waals surface area (Å²) in [5.41, 5.74) is 1.23. The Kier molecular flexibility index (Phi) is 3.38. The number of benzene rings is 1. The van der Waals surface area contributed by atoms with Gasteiger partial charge >= 0.3 is 0 Å². The zero-order valence-electron chi connectivity index (χ0n) is 8.43. The largest absolute Gasteiger partial charge is 0.329 e. The van der Waals surface area contributed by atoms with E-state index in [1.165, 1.54) is 5.56 Å². The standard InChI is InChI=1S/C11H12N2S2/c1-8(9-5-3-2-4-6-9)12-10-7-15-11(14)13-10/h2-6,8H,7H2,1H3,(H,12,13,14). The van der Waals surface area contributed by atoms with Crippen LogP contribution in [-0.2, 0) is 0 Å². The van der Waals surface area contributed by atoms with Gasteiger partial charge in [0.2, 0.25) is 0 Å². The molecule has 0 amide bonds. The van der Waals surface area contributed by atoms with Crippen molar-refractivity contribution in [1.82, 2.24) is 5.32 Å². The Hall–Kier alpha value is -0.870. The van der Waals surface area contributed by atoms with E-state index in [-0.39, 0.29) is 6.04 Å². The van der Waals surface area contributed by atoms with Crippen LogP contribution in [0.1, 0.15) is 18.5 Å². The lowest BCUT2D eigenvalue weighted by molar-refractivity contribution is 0.815. The molecule has 1 fully saturated rings. The molecule has 0 spiro atoms. The topological polar surface area (TPSA) is 24.4 Å². The molecule has 0 radical (unpaired) electrons. The highest BCUT2D eigenvalue weighted by Gasteiger charge is 2.14. The summed E-state index contributed by atoms with van der Waals surface area (Å²) in [5.74, 6) is 1.86. The minimum atomic E-state index is 0.190. The molecule has 2 rings (SSSR count). The first-order valence-corrected chi connectivity index (χ1v) is 6.20. The van der Waals surface area contributed by atoms with Crippen molar-refractivity contribution in [1.29, 1.82) is 0 Å². The quantitative estimate of drug-likeness (QED) is 0.799. The number of hydrogen-bond donors (Lipinski definition) is 1. The van der Waals surface area contributed by atoms with E-state index in [2.05, 4.69) is 29.4 Å². The van der Waals surface area contributed by atoms with Gasteiger partial charge in [0.05, 0.1) is 11.8 Å². The zero-order valence-corrected chi connectivity index (χ0v) is 10.1. The first-order valence-electron chi connectivity index (χ1n) is 4.81. The Balaban J connectivity index is 2.10. The van der Waals surface area contributed by atoms with Gasteiger partial charge in [0.25, 0.3) is 0 Å². The molecule has 1 saturated heterocycles. The normalized spacial score (nSPS) is 20.3. The molecule has 1 atom stereocenters. The lowest BCUT2D eigenvalue weighted by Crippen LogP contribution is -2.20. The van der Waals surface area contributed by atoms with E-state index < -0.39 is 0 Å². The summed E-state index contributed by atoms with van der Waals surface area (Å²) in [6, 6.07) is 10.5. The highest BCUT2D eigenvalue weighted by molar-refractivity contribution is 8.24. The van der Waals surface area contributed by atoms with E-state index in [1.807, 2.05) is 18.2 Å². The van der Waals surface area contributed by atoms with Gasteiger partial charge in [0.1, 0.15) is 10.2 Å². The van der Waals surface area contributed by atoms with Crippen LogP contribution in [0.3, 0.4) is 0 Å². The number of amidine groups is 1. The van der Waals surface area contributed by atoms with Crippen LogP contribution in [0.25, 0.3) is 0 Å². The summed E-state index contributed by atoms with van der Waals surface area (Å²) >= 11 is 6.67. The summed E-state index contributed by atoms with van der Waals surface area (Å²) < 4.78 is 0.828. The monoisotopic (exact) mass is 236 g/mol. The molecule has 1 unspecified atom stereocenters. The summed E-state index contributed by atoms with van der Waals surface area (Å²) in [6.07, 6.45) is 0. The third-order valence-corrected chi connectivity index (χ3v) is 3.46.